The van der Waals surface area contributed by atoms with Crippen LogP contribution in [-0.2, 0) is 5.41 Å². The SMILES string of the molecule is Cc1cc(C)c(-c2c(C)c(-c3ccccc3)c(C)c(-c3ccccc3)c2C)c(C)c1-c1ccc2c(c1)C1(c3ccccc3-2)c2ccccc2-c2cc3c4ccccc4n(-c4nc(-c5ccccc5)nc(-c5ccccc5)n4)c3cc21. The third-order valence-electron chi connectivity index (χ3n) is 17.7. The minimum Gasteiger partial charge on any atom is -0.278 e. The largest absolute Gasteiger partial charge is 0.278 e. The van der Waals surface area contributed by atoms with Gasteiger partial charge in [0.2, 0.25) is 5.95 Å². The highest BCUT2D eigenvalue weighted by Crippen LogP contribution is 2.64. The molecule has 15 rings (SSSR count). The maximum absolute atomic E-state index is 5.36. The van der Waals surface area contributed by atoms with E-state index in [0.717, 1.165) is 32.9 Å². The second-order valence-corrected chi connectivity index (χ2v) is 22.0. The molecule has 0 amide bonds. The Morgan fingerprint density at radius 3 is 1.32 bits per heavy atom. The van der Waals surface area contributed by atoms with Gasteiger partial charge in [-0.05, 0) is 188 Å². The molecule has 11 aromatic carbocycles. The van der Waals surface area contributed by atoms with Crippen LogP contribution in [-0.4, -0.2) is 19.5 Å². The molecule has 80 heavy (non-hydrogen) atoms. The van der Waals surface area contributed by atoms with Crippen molar-refractivity contribution in [3.8, 4) is 95.5 Å². The number of hydrogen-bond donors (Lipinski definition) is 0. The van der Waals surface area contributed by atoms with Gasteiger partial charge in [-0.15, -0.1) is 0 Å². The predicted octanol–water partition coefficient (Wildman–Crippen LogP) is 19.2. The number of para-hydroxylation sites is 1. The number of aryl methyl sites for hydroxylation is 2. The molecule has 2 aromatic heterocycles. The third-order valence-corrected chi connectivity index (χ3v) is 17.7. The molecule has 2 heterocycles. The summed E-state index contributed by atoms with van der Waals surface area (Å²) >= 11 is 0. The number of fused-ring (bicyclic) bond motifs is 13. The van der Waals surface area contributed by atoms with Crippen LogP contribution in [0, 0.1) is 41.5 Å². The summed E-state index contributed by atoms with van der Waals surface area (Å²) in [6, 6.07) is 84.2. The Morgan fingerprint density at radius 2 is 0.738 bits per heavy atom. The maximum atomic E-state index is 5.36. The molecule has 4 nitrogen and oxygen atoms in total. The Balaban J connectivity index is 0.988. The van der Waals surface area contributed by atoms with Crippen LogP contribution in [0.1, 0.15) is 55.6 Å². The van der Waals surface area contributed by atoms with Crippen LogP contribution in [0.4, 0.5) is 0 Å². The number of hydrogen-bond acceptors (Lipinski definition) is 3. The lowest BCUT2D eigenvalue weighted by molar-refractivity contribution is 0.794. The quantitative estimate of drug-likeness (QED) is 0.160. The summed E-state index contributed by atoms with van der Waals surface area (Å²) in [4.78, 5) is 15.8. The molecule has 1 unspecified atom stereocenters. The molecule has 0 saturated carbocycles. The molecule has 4 heteroatoms. The Kier molecular flexibility index (Phi) is 10.8. The fraction of sp³-hybridized carbons (Fsp3) is 0.0921. The molecule has 0 aliphatic heterocycles. The second kappa shape index (κ2) is 18.2. The van der Waals surface area contributed by atoms with Gasteiger partial charge in [-0.25, -0.2) is 4.98 Å². The fourth-order valence-corrected chi connectivity index (χ4v) is 14.6. The first-order chi connectivity index (χ1) is 39.2. The van der Waals surface area contributed by atoms with Crippen molar-refractivity contribution in [2.75, 3.05) is 0 Å². The summed E-state index contributed by atoms with van der Waals surface area (Å²) in [7, 11) is 0. The van der Waals surface area contributed by atoms with Gasteiger partial charge in [-0.1, -0.05) is 206 Å². The Morgan fingerprint density at radius 1 is 0.287 bits per heavy atom. The highest BCUT2D eigenvalue weighted by atomic mass is 15.2. The lowest BCUT2D eigenvalue weighted by Crippen LogP contribution is -2.26. The number of aromatic nitrogens is 4. The van der Waals surface area contributed by atoms with E-state index < -0.39 is 5.41 Å². The lowest BCUT2D eigenvalue weighted by atomic mass is 9.70. The zero-order valence-corrected chi connectivity index (χ0v) is 45.7. The van der Waals surface area contributed by atoms with Crippen LogP contribution >= 0.6 is 0 Å². The summed E-state index contributed by atoms with van der Waals surface area (Å²) in [5.41, 5.74) is 31.5. The van der Waals surface area contributed by atoms with Crippen molar-refractivity contribution in [1.82, 2.24) is 19.5 Å². The van der Waals surface area contributed by atoms with Gasteiger partial charge in [0.1, 0.15) is 0 Å². The van der Waals surface area contributed by atoms with E-state index in [-0.39, 0.29) is 0 Å². The molecular weight excluding hydrogens is 969 g/mol. The van der Waals surface area contributed by atoms with Gasteiger partial charge >= 0.3 is 0 Å². The summed E-state index contributed by atoms with van der Waals surface area (Å²) in [5.74, 6) is 1.83. The monoisotopic (exact) mass is 1020 g/mol. The van der Waals surface area contributed by atoms with Crippen molar-refractivity contribution < 1.29 is 0 Å². The predicted molar refractivity (Wildman–Crippen MR) is 332 cm³/mol. The maximum Gasteiger partial charge on any atom is 0.238 e. The first-order valence-electron chi connectivity index (χ1n) is 27.9. The van der Waals surface area contributed by atoms with Gasteiger partial charge in [0, 0.05) is 21.9 Å². The fourth-order valence-electron chi connectivity index (χ4n) is 14.6. The van der Waals surface area contributed by atoms with Gasteiger partial charge in [0.25, 0.3) is 0 Å². The van der Waals surface area contributed by atoms with Gasteiger partial charge in [-0.3, -0.25) is 4.57 Å². The van der Waals surface area contributed by atoms with Crippen molar-refractivity contribution >= 4 is 21.8 Å². The van der Waals surface area contributed by atoms with Crippen LogP contribution in [0.15, 0.2) is 231 Å². The average Bonchev–Trinajstić information content (AvgIpc) is 2.45. The van der Waals surface area contributed by atoms with Gasteiger partial charge < -0.3 is 0 Å². The van der Waals surface area contributed by atoms with E-state index in [4.69, 9.17) is 15.0 Å². The molecule has 2 aliphatic carbocycles. The second-order valence-electron chi connectivity index (χ2n) is 22.0. The summed E-state index contributed by atoms with van der Waals surface area (Å²) in [5, 5.41) is 2.30. The van der Waals surface area contributed by atoms with E-state index in [1.165, 1.54) is 122 Å². The average molecular weight is 1030 g/mol. The molecule has 0 radical (unpaired) electrons. The minimum absolute atomic E-state index is 0.579. The molecule has 0 saturated heterocycles. The van der Waals surface area contributed by atoms with Crippen molar-refractivity contribution in [2.45, 2.75) is 47.0 Å². The number of nitrogens with zero attached hydrogens (tertiary/aromatic N) is 4. The highest BCUT2D eigenvalue weighted by molar-refractivity contribution is 6.12. The first kappa shape index (κ1) is 47.4. The van der Waals surface area contributed by atoms with Crippen LogP contribution in [0.2, 0.25) is 0 Å². The van der Waals surface area contributed by atoms with Gasteiger partial charge in [0.15, 0.2) is 11.6 Å². The summed E-state index contributed by atoms with van der Waals surface area (Å²) in [6.45, 7) is 14.0. The van der Waals surface area contributed by atoms with E-state index in [1.54, 1.807) is 0 Å². The molecule has 1 spiro atoms. The first-order valence-corrected chi connectivity index (χ1v) is 27.9. The smallest absolute Gasteiger partial charge is 0.238 e. The van der Waals surface area contributed by atoms with Crippen molar-refractivity contribution in [2.24, 2.45) is 0 Å². The van der Waals surface area contributed by atoms with Crippen molar-refractivity contribution in [1.29, 1.82) is 0 Å². The van der Waals surface area contributed by atoms with Crippen LogP contribution < -0.4 is 0 Å². The van der Waals surface area contributed by atoms with Crippen LogP contribution in [0.25, 0.3) is 117 Å². The summed E-state index contributed by atoms with van der Waals surface area (Å²) in [6.07, 6.45) is 0. The van der Waals surface area contributed by atoms with E-state index in [1.807, 2.05) is 36.4 Å². The van der Waals surface area contributed by atoms with Crippen molar-refractivity contribution in [3.63, 3.8) is 0 Å². The topological polar surface area (TPSA) is 43.6 Å². The minimum atomic E-state index is -0.637. The van der Waals surface area contributed by atoms with E-state index in [0.29, 0.717) is 17.6 Å². The van der Waals surface area contributed by atoms with Crippen molar-refractivity contribution in [3.05, 3.63) is 286 Å². The van der Waals surface area contributed by atoms with Gasteiger partial charge in [-0.2, -0.15) is 9.97 Å². The van der Waals surface area contributed by atoms with Gasteiger partial charge in [0.05, 0.1) is 16.4 Å². The Labute approximate surface area is 467 Å². The number of benzene rings is 11. The molecular formula is C76H56N4. The van der Waals surface area contributed by atoms with E-state index >= 15 is 0 Å². The zero-order valence-electron chi connectivity index (χ0n) is 45.7. The van der Waals surface area contributed by atoms with Crippen LogP contribution in [0.3, 0.4) is 0 Å². The molecule has 2 aliphatic rings. The summed E-state index contributed by atoms with van der Waals surface area (Å²) < 4.78 is 2.28. The highest BCUT2D eigenvalue weighted by Gasteiger charge is 2.52. The zero-order chi connectivity index (χ0) is 54.0. The molecule has 13 aromatic rings. The Bertz CT molecular complexity index is 4560. The molecule has 1 atom stereocenters. The third kappa shape index (κ3) is 6.85. The Hall–Kier alpha value is -9.77. The lowest BCUT2D eigenvalue weighted by Gasteiger charge is -2.31. The number of rotatable bonds is 7. The molecule has 0 bridgehead atoms. The van der Waals surface area contributed by atoms with E-state index in [9.17, 15) is 0 Å². The molecule has 0 fully saturated rings. The standard InChI is InChI=1S/C76H56N4/c1-45-41-46(2)69(72-49(5)70(51-25-11-7-12-26-51)48(4)71(50(72)6)52-27-13-8-14-28-52)47(3)68(45)55-39-40-58-56-33-19-22-36-62(56)76(64(58)42-55)63-37-23-20-34-57(63)60-43-61-59-35-21-24-38-66(59)80(67(61)44-65(60)76)75-78-73(53-29-15-9-16-30-53)77-74(79-75)54-31-17-10-18-32-54/h7-44H,1-6H3. The van der Waals surface area contributed by atoms with E-state index in [2.05, 4.69) is 240 Å². The molecule has 380 valence electrons. The normalized spacial score (nSPS) is 13.9. The van der Waals surface area contributed by atoms with Crippen LogP contribution in [0.5, 0.6) is 0 Å². The molecule has 0 N–H and O–H groups in total.